The van der Waals surface area contributed by atoms with Gasteiger partial charge >= 0.3 is 0 Å². The van der Waals surface area contributed by atoms with Gasteiger partial charge in [0.15, 0.2) is 0 Å². The molecule has 3 heteroatoms. The highest BCUT2D eigenvalue weighted by Gasteiger charge is 2.37. The number of aliphatic hydroxyl groups excluding tert-OH is 1. The van der Waals surface area contributed by atoms with Crippen LogP contribution in [0.4, 0.5) is 0 Å². The van der Waals surface area contributed by atoms with Crippen molar-refractivity contribution in [3.05, 3.63) is 0 Å². The van der Waals surface area contributed by atoms with Crippen molar-refractivity contribution in [2.24, 2.45) is 5.92 Å². The maximum atomic E-state index is 9.75. The van der Waals surface area contributed by atoms with Gasteiger partial charge in [-0.2, -0.15) is 0 Å². The van der Waals surface area contributed by atoms with Crippen LogP contribution in [0.1, 0.15) is 59.8 Å². The fraction of sp³-hybridized carbons (Fsp3) is 1.00. The second kappa shape index (κ2) is 6.11. The van der Waals surface area contributed by atoms with E-state index in [1.54, 1.807) is 0 Å². The fourth-order valence-electron chi connectivity index (χ4n) is 3.74. The first-order valence-electron chi connectivity index (χ1n) is 8.09. The second-order valence-corrected chi connectivity index (χ2v) is 7.38. The maximum absolute atomic E-state index is 9.75. The molecule has 2 aliphatic rings. The van der Waals surface area contributed by atoms with E-state index in [2.05, 4.69) is 37.9 Å². The van der Waals surface area contributed by atoms with Crippen LogP contribution in [0.2, 0.25) is 0 Å². The molecule has 1 saturated heterocycles. The Morgan fingerprint density at radius 3 is 2.47 bits per heavy atom. The van der Waals surface area contributed by atoms with Gasteiger partial charge in [0.2, 0.25) is 0 Å². The van der Waals surface area contributed by atoms with Gasteiger partial charge in [0.25, 0.3) is 0 Å². The molecule has 3 unspecified atom stereocenters. The molecule has 1 aliphatic carbocycles. The maximum Gasteiger partial charge on any atom is 0.0611 e. The van der Waals surface area contributed by atoms with Gasteiger partial charge in [0.1, 0.15) is 0 Å². The van der Waals surface area contributed by atoms with E-state index in [9.17, 15) is 5.11 Å². The number of aliphatic hydroxyl groups is 1. The lowest BCUT2D eigenvalue weighted by Gasteiger charge is -2.39. The average Bonchev–Trinajstić information content (AvgIpc) is 3.00. The highest BCUT2D eigenvalue weighted by atomic mass is 16.3. The lowest BCUT2D eigenvalue weighted by Crippen LogP contribution is -2.52. The largest absolute Gasteiger partial charge is 0.394 e. The third kappa shape index (κ3) is 3.93. The molecule has 1 aliphatic heterocycles. The van der Waals surface area contributed by atoms with E-state index in [4.69, 9.17) is 0 Å². The van der Waals surface area contributed by atoms with Crippen LogP contribution in [0.25, 0.3) is 0 Å². The molecule has 19 heavy (non-hydrogen) atoms. The van der Waals surface area contributed by atoms with Crippen molar-refractivity contribution in [1.82, 2.24) is 10.2 Å². The van der Waals surface area contributed by atoms with Crippen LogP contribution in [-0.2, 0) is 0 Å². The summed E-state index contributed by atoms with van der Waals surface area (Å²) >= 11 is 0. The van der Waals surface area contributed by atoms with Crippen molar-refractivity contribution in [2.45, 2.75) is 83.5 Å². The Balaban J connectivity index is 1.92. The molecule has 0 aromatic carbocycles. The number of hydrogen-bond donors (Lipinski definition) is 2. The van der Waals surface area contributed by atoms with Gasteiger partial charge < -0.3 is 10.4 Å². The summed E-state index contributed by atoms with van der Waals surface area (Å²) in [5, 5.41) is 13.4. The molecule has 2 N–H and O–H groups in total. The summed E-state index contributed by atoms with van der Waals surface area (Å²) in [7, 11) is 0. The zero-order valence-electron chi connectivity index (χ0n) is 13.2. The van der Waals surface area contributed by atoms with E-state index >= 15 is 0 Å². The minimum absolute atomic E-state index is 0.106. The summed E-state index contributed by atoms with van der Waals surface area (Å²) in [6.45, 7) is 10.7. The second-order valence-electron chi connectivity index (χ2n) is 7.38. The fourth-order valence-corrected chi connectivity index (χ4v) is 3.74. The first kappa shape index (κ1) is 15.3. The molecule has 2 fully saturated rings. The minimum atomic E-state index is -0.106. The molecule has 0 aromatic rings. The normalized spacial score (nSPS) is 29.7. The highest BCUT2D eigenvalue weighted by Crippen LogP contribution is 2.30. The van der Waals surface area contributed by atoms with Gasteiger partial charge in [-0.3, -0.25) is 4.90 Å². The van der Waals surface area contributed by atoms with Crippen molar-refractivity contribution >= 4 is 0 Å². The molecule has 0 spiro atoms. The Morgan fingerprint density at radius 1 is 1.26 bits per heavy atom. The predicted molar refractivity (Wildman–Crippen MR) is 80.3 cm³/mol. The molecular formula is C16H32N2O. The summed E-state index contributed by atoms with van der Waals surface area (Å²) in [6.07, 6.45) is 6.28. The molecule has 0 aromatic heterocycles. The minimum Gasteiger partial charge on any atom is -0.394 e. The molecule has 0 amide bonds. The molecule has 1 saturated carbocycles. The van der Waals surface area contributed by atoms with Crippen LogP contribution in [0.15, 0.2) is 0 Å². The van der Waals surface area contributed by atoms with Gasteiger partial charge in [-0.15, -0.1) is 0 Å². The van der Waals surface area contributed by atoms with E-state index in [1.165, 1.54) is 32.2 Å². The van der Waals surface area contributed by atoms with E-state index in [-0.39, 0.29) is 12.1 Å². The van der Waals surface area contributed by atoms with Crippen LogP contribution in [-0.4, -0.2) is 46.8 Å². The van der Waals surface area contributed by atoms with E-state index in [0.717, 1.165) is 18.4 Å². The summed E-state index contributed by atoms with van der Waals surface area (Å²) < 4.78 is 0. The van der Waals surface area contributed by atoms with E-state index < -0.39 is 0 Å². The first-order valence-corrected chi connectivity index (χ1v) is 8.09. The third-order valence-corrected chi connectivity index (χ3v) is 4.90. The van der Waals surface area contributed by atoms with Crippen LogP contribution >= 0.6 is 0 Å². The predicted octanol–water partition coefficient (Wildman–Crippen LogP) is 2.39. The Labute approximate surface area is 118 Å². The lowest BCUT2D eigenvalue weighted by atomic mass is 9.92. The van der Waals surface area contributed by atoms with Gasteiger partial charge in [0.05, 0.1) is 6.61 Å². The van der Waals surface area contributed by atoms with Gasteiger partial charge in [-0.1, -0.05) is 13.8 Å². The molecule has 3 atom stereocenters. The van der Waals surface area contributed by atoms with Crippen LogP contribution in [0.5, 0.6) is 0 Å². The van der Waals surface area contributed by atoms with Crippen molar-refractivity contribution in [3.8, 4) is 0 Å². The highest BCUT2D eigenvalue weighted by molar-refractivity contribution is 4.96. The summed E-state index contributed by atoms with van der Waals surface area (Å²) in [5.74, 6) is 0.738. The number of nitrogens with zero attached hydrogens (tertiary/aromatic N) is 1. The SMILES string of the molecule is CC(C)C1CCCN1C(C)CC(C)(CO)NC1CC1. The van der Waals surface area contributed by atoms with Gasteiger partial charge in [-0.25, -0.2) is 0 Å². The van der Waals surface area contributed by atoms with Gasteiger partial charge in [0, 0.05) is 23.7 Å². The summed E-state index contributed by atoms with van der Waals surface area (Å²) in [5.41, 5.74) is -0.106. The van der Waals surface area contributed by atoms with Crippen molar-refractivity contribution < 1.29 is 5.11 Å². The van der Waals surface area contributed by atoms with Crippen LogP contribution in [0, 0.1) is 5.92 Å². The molecule has 2 rings (SSSR count). The molecule has 0 bridgehead atoms. The molecule has 3 nitrogen and oxygen atoms in total. The Hall–Kier alpha value is -0.120. The molecule has 0 radical (unpaired) electrons. The number of hydrogen-bond acceptors (Lipinski definition) is 3. The molecule has 1 heterocycles. The topological polar surface area (TPSA) is 35.5 Å². The van der Waals surface area contributed by atoms with Gasteiger partial charge in [-0.05, 0) is 58.4 Å². The Bertz CT molecular complexity index is 290. The van der Waals surface area contributed by atoms with E-state index in [1.807, 2.05) is 0 Å². The first-order chi connectivity index (χ1) is 8.95. The van der Waals surface area contributed by atoms with Crippen molar-refractivity contribution in [2.75, 3.05) is 13.2 Å². The standard InChI is InChI=1S/C16H32N2O/c1-12(2)15-6-5-9-18(15)13(3)10-16(4,11-19)17-14-7-8-14/h12-15,17,19H,5-11H2,1-4H3. The van der Waals surface area contributed by atoms with Crippen LogP contribution < -0.4 is 5.32 Å². The van der Waals surface area contributed by atoms with Crippen LogP contribution in [0.3, 0.4) is 0 Å². The molecule has 112 valence electrons. The zero-order valence-corrected chi connectivity index (χ0v) is 13.2. The number of rotatable bonds is 7. The lowest BCUT2D eigenvalue weighted by molar-refractivity contribution is 0.0939. The number of nitrogens with one attached hydrogen (secondary N) is 1. The molecular weight excluding hydrogens is 236 g/mol. The third-order valence-electron chi connectivity index (χ3n) is 4.90. The monoisotopic (exact) mass is 268 g/mol. The van der Waals surface area contributed by atoms with Crippen molar-refractivity contribution in [1.29, 1.82) is 0 Å². The van der Waals surface area contributed by atoms with Crippen molar-refractivity contribution in [3.63, 3.8) is 0 Å². The Morgan fingerprint density at radius 2 is 1.95 bits per heavy atom. The Kier molecular flexibility index (Phi) is 4.91. The van der Waals surface area contributed by atoms with E-state index in [0.29, 0.717) is 12.1 Å². The number of likely N-dealkylation sites (tertiary alicyclic amines) is 1. The summed E-state index contributed by atoms with van der Waals surface area (Å²) in [4.78, 5) is 2.67. The quantitative estimate of drug-likeness (QED) is 0.744. The average molecular weight is 268 g/mol. The zero-order chi connectivity index (χ0) is 14.0. The summed E-state index contributed by atoms with van der Waals surface area (Å²) in [6, 6.07) is 1.95. The smallest absolute Gasteiger partial charge is 0.0611 e.